The van der Waals surface area contributed by atoms with Crippen LogP contribution in [0.1, 0.15) is 71.9 Å². The summed E-state index contributed by atoms with van der Waals surface area (Å²) in [6.45, 7) is 10.1. The second-order valence-electron chi connectivity index (χ2n) is 11.3. The van der Waals surface area contributed by atoms with E-state index in [2.05, 4.69) is 5.32 Å². The minimum Gasteiger partial charge on any atom is -0.444 e. The summed E-state index contributed by atoms with van der Waals surface area (Å²) in [7, 11) is 1.70. The molecule has 2 fully saturated rings. The van der Waals surface area contributed by atoms with Gasteiger partial charge in [0.15, 0.2) is 0 Å². The third kappa shape index (κ3) is 5.58. The standard InChI is InChI=1S/C27H38N4O6/c1-16-14-19(15-17(2)30(16)26(35)37-27(3,4)5)36-13-12-18-8-7-9-20-23(18)29(6)25(34)31(20)21-10-11-22(32)28-24(21)33/h7-9,16-17,19,21H,10-15H2,1-6H3,(H,28,32,33)/t16-,17+,19?,21?. The Morgan fingerprint density at radius 3 is 2.41 bits per heavy atom. The van der Waals surface area contributed by atoms with Crippen LogP contribution < -0.4 is 11.0 Å². The predicted molar refractivity (Wildman–Crippen MR) is 138 cm³/mol. The van der Waals surface area contributed by atoms with Crippen molar-refractivity contribution in [1.82, 2.24) is 19.4 Å². The van der Waals surface area contributed by atoms with Crippen LogP contribution in [-0.4, -0.2) is 62.3 Å². The molecule has 4 atom stereocenters. The number of fused-ring (bicyclic) bond motifs is 1. The van der Waals surface area contributed by atoms with Crippen molar-refractivity contribution in [2.24, 2.45) is 7.05 Å². The lowest BCUT2D eigenvalue weighted by Crippen LogP contribution is -2.53. The van der Waals surface area contributed by atoms with Gasteiger partial charge in [-0.3, -0.25) is 24.0 Å². The highest BCUT2D eigenvalue weighted by atomic mass is 16.6. The Bertz CT molecular complexity index is 1240. The number of rotatable bonds is 5. The van der Waals surface area contributed by atoms with E-state index in [9.17, 15) is 19.2 Å². The van der Waals surface area contributed by atoms with Gasteiger partial charge in [-0.1, -0.05) is 12.1 Å². The summed E-state index contributed by atoms with van der Waals surface area (Å²) in [4.78, 5) is 51.7. The fraction of sp³-hybridized carbons (Fsp3) is 0.630. The highest BCUT2D eigenvalue weighted by Crippen LogP contribution is 2.28. The minimum atomic E-state index is -0.710. The van der Waals surface area contributed by atoms with Crippen molar-refractivity contribution in [2.45, 2.75) is 96.6 Å². The van der Waals surface area contributed by atoms with E-state index in [4.69, 9.17) is 9.47 Å². The first-order valence-corrected chi connectivity index (χ1v) is 13.0. The number of nitrogens with zero attached hydrogens (tertiary/aromatic N) is 3. The zero-order chi connectivity index (χ0) is 27.1. The first kappa shape index (κ1) is 26.9. The minimum absolute atomic E-state index is 0.00425. The quantitative estimate of drug-likeness (QED) is 0.614. The van der Waals surface area contributed by atoms with E-state index in [1.54, 1.807) is 16.5 Å². The van der Waals surface area contributed by atoms with Crippen molar-refractivity contribution in [1.29, 1.82) is 0 Å². The van der Waals surface area contributed by atoms with Gasteiger partial charge in [-0.15, -0.1) is 0 Å². The smallest absolute Gasteiger partial charge is 0.410 e. The van der Waals surface area contributed by atoms with Crippen LogP contribution in [0.15, 0.2) is 23.0 Å². The van der Waals surface area contributed by atoms with Crippen LogP contribution >= 0.6 is 0 Å². The highest BCUT2D eigenvalue weighted by Gasteiger charge is 2.37. The molecule has 3 heterocycles. The molecular formula is C27H38N4O6. The van der Waals surface area contributed by atoms with Crippen LogP contribution in [0.25, 0.3) is 11.0 Å². The van der Waals surface area contributed by atoms with Gasteiger partial charge in [0, 0.05) is 25.6 Å². The number of carbonyl (C=O) groups is 3. The maximum Gasteiger partial charge on any atom is 0.410 e. The summed E-state index contributed by atoms with van der Waals surface area (Å²) in [5, 5.41) is 2.34. The molecule has 0 saturated carbocycles. The number of imide groups is 1. The third-order valence-corrected chi connectivity index (χ3v) is 7.20. The summed E-state index contributed by atoms with van der Waals surface area (Å²) in [6.07, 6.45) is 2.26. The summed E-state index contributed by atoms with van der Waals surface area (Å²) in [5.41, 5.74) is 1.57. The van der Waals surface area contributed by atoms with Gasteiger partial charge in [-0.25, -0.2) is 9.59 Å². The van der Waals surface area contributed by atoms with Crippen LogP contribution in [0, 0.1) is 0 Å². The number of ether oxygens (including phenoxy) is 2. The van der Waals surface area contributed by atoms with E-state index in [1.807, 2.05) is 52.8 Å². The number of benzene rings is 1. The number of nitrogens with one attached hydrogen (secondary N) is 1. The molecule has 1 N–H and O–H groups in total. The molecule has 10 nitrogen and oxygen atoms in total. The first-order valence-electron chi connectivity index (χ1n) is 13.0. The fourth-order valence-corrected chi connectivity index (χ4v) is 5.62. The summed E-state index contributed by atoms with van der Waals surface area (Å²) >= 11 is 0. The van der Waals surface area contributed by atoms with E-state index in [-0.39, 0.29) is 42.3 Å². The second-order valence-corrected chi connectivity index (χ2v) is 11.3. The molecule has 2 aromatic rings. The van der Waals surface area contributed by atoms with E-state index in [0.29, 0.717) is 25.0 Å². The van der Waals surface area contributed by atoms with Crippen LogP contribution in [0.2, 0.25) is 0 Å². The molecule has 3 amide bonds. The molecule has 37 heavy (non-hydrogen) atoms. The monoisotopic (exact) mass is 514 g/mol. The lowest BCUT2D eigenvalue weighted by atomic mass is 9.95. The number of carbonyl (C=O) groups excluding carboxylic acids is 3. The molecule has 2 aliphatic heterocycles. The van der Waals surface area contributed by atoms with Gasteiger partial charge in [-0.05, 0) is 71.9 Å². The van der Waals surface area contributed by atoms with Crippen LogP contribution in [0.5, 0.6) is 0 Å². The Morgan fingerprint density at radius 2 is 1.78 bits per heavy atom. The average Bonchev–Trinajstić information content (AvgIpc) is 3.03. The van der Waals surface area contributed by atoms with Crippen LogP contribution in [0.4, 0.5) is 4.79 Å². The number of imidazole rings is 1. The van der Waals surface area contributed by atoms with E-state index >= 15 is 0 Å². The number of piperidine rings is 2. The number of aryl methyl sites for hydroxylation is 1. The van der Waals surface area contributed by atoms with Crippen molar-refractivity contribution in [3.8, 4) is 0 Å². The number of para-hydroxylation sites is 1. The lowest BCUT2D eigenvalue weighted by Gasteiger charge is -2.42. The molecule has 202 valence electrons. The zero-order valence-corrected chi connectivity index (χ0v) is 22.6. The number of amides is 3. The lowest BCUT2D eigenvalue weighted by molar-refractivity contribution is -0.135. The molecule has 0 aliphatic carbocycles. The highest BCUT2D eigenvalue weighted by molar-refractivity contribution is 6.00. The summed E-state index contributed by atoms with van der Waals surface area (Å²) in [6, 6.07) is 4.96. The van der Waals surface area contributed by atoms with Crippen molar-refractivity contribution in [2.75, 3.05) is 6.61 Å². The number of hydrogen-bond donors (Lipinski definition) is 1. The molecule has 0 radical (unpaired) electrons. The topological polar surface area (TPSA) is 112 Å². The molecule has 2 unspecified atom stereocenters. The SMILES string of the molecule is C[C@@H]1CC(OCCc2cccc3c2n(C)c(=O)n3C2CCC(=O)NC2=O)C[C@H](C)N1C(=O)OC(C)(C)C. The van der Waals surface area contributed by atoms with Gasteiger partial charge in [0.25, 0.3) is 0 Å². The number of aromatic nitrogens is 2. The van der Waals surface area contributed by atoms with Gasteiger partial charge in [-0.2, -0.15) is 0 Å². The molecule has 2 saturated heterocycles. The van der Waals surface area contributed by atoms with E-state index in [0.717, 1.165) is 23.9 Å². The van der Waals surface area contributed by atoms with Crippen molar-refractivity contribution < 1.29 is 23.9 Å². The van der Waals surface area contributed by atoms with E-state index < -0.39 is 17.6 Å². The normalized spacial score (nSPS) is 24.9. The predicted octanol–water partition coefficient (Wildman–Crippen LogP) is 3.05. The maximum absolute atomic E-state index is 13.1. The molecule has 0 spiro atoms. The van der Waals surface area contributed by atoms with Crippen LogP contribution in [-0.2, 0) is 32.5 Å². The third-order valence-electron chi connectivity index (χ3n) is 7.20. The number of likely N-dealkylation sites (tertiary alicyclic amines) is 1. The van der Waals surface area contributed by atoms with Gasteiger partial charge < -0.3 is 14.4 Å². The van der Waals surface area contributed by atoms with E-state index in [1.165, 1.54) is 4.57 Å². The Kier molecular flexibility index (Phi) is 7.50. The van der Waals surface area contributed by atoms with Crippen LogP contribution in [0.3, 0.4) is 0 Å². The van der Waals surface area contributed by atoms with Gasteiger partial charge in [0.1, 0.15) is 11.6 Å². The molecular weight excluding hydrogens is 476 g/mol. The Balaban J connectivity index is 1.44. The Hall–Kier alpha value is -3.14. The Labute approximate surface area is 216 Å². The van der Waals surface area contributed by atoms with Gasteiger partial charge in [0.2, 0.25) is 11.8 Å². The van der Waals surface area contributed by atoms with Crippen molar-refractivity contribution in [3.05, 3.63) is 34.2 Å². The maximum atomic E-state index is 13.1. The Morgan fingerprint density at radius 1 is 1.11 bits per heavy atom. The molecule has 0 bridgehead atoms. The molecule has 2 aliphatic rings. The first-order chi connectivity index (χ1) is 17.4. The van der Waals surface area contributed by atoms with Crippen molar-refractivity contribution >= 4 is 28.9 Å². The van der Waals surface area contributed by atoms with Gasteiger partial charge in [0.05, 0.1) is 23.7 Å². The van der Waals surface area contributed by atoms with Gasteiger partial charge >= 0.3 is 11.8 Å². The fourth-order valence-electron chi connectivity index (χ4n) is 5.62. The molecule has 4 rings (SSSR count). The molecule has 10 heteroatoms. The summed E-state index contributed by atoms with van der Waals surface area (Å²) in [5.74, 6) is -0.756. The average molecular weight is 515 g/mol. The number of hydrogen-bond acceptors (Lipinski definition) is 6. The summed E-state index contributed by atoms with van der Waals surface area (Å²) < 4.78 is 14.9. The molecule has 1 aromatic heterocycles. The zero-order valence-electron chi connectivity index (χ0n) is 22.6. The second kappa shape index (κ2) is 10.3. The molecule has 1 aromatic carbocycles. The largest absolute Gasteiger partial charge is 0.444 e. The van der Waals surface area contributed by atoms with Crippen molar-refractivity contribution in [3.63, 3.8) is 0 Å².